The molecule has 0 aliphatic heterocycles. The average molecular weight is 405 g/mol. The zero-order chi connectivity index (χ0) is 18.2. The predicted molar refractivity (Wildman–Crippen MR) is 97.5 cm³/mol. The molecule has 6 nitrogen and oxygen atoms in total. The third-order valence-corrected chi connectivity index (χ3v) is 3.66. The molecular weight excluding hydrogens is 388 g/mol. The number of hydrogen-bond acceptors (Lipinski definition) is 4. The van der Waals surface area contributed by atoms with Crippen molar-refractivity contribution in [3.05, 3.63) is 58.6 Å². The smallest absolute Gasteiger partial charge is 0.312 e. The van der Waals surface area contributed by atoms with E-state index in [1.165, 1.54) is 6.92 Å². The number of halogens is 1. The van der Waals surface area contributed by atoms with Crippen LogP contribution in [0.1, 0.15) is 23.7 Å². The Balaban J connectivity index is 1.75. The Morgan fingerprint density at radius 1 is 1.00 bits per heavy atom. The van der Waals surface area contributed by atoms with Crippen LogP contribution in [0.3, 0.4) is 0 Å². The van der Waals surface area contributed by atoms with E-state index in [1.54, 1.807) is 48.5 Å². The van der Waals surface area contributed by atoms with Gasteiger partial charge in [0.25, 0.3) is 5.91 Å². The minimum atomic E-state index is -0.455. The maximum atomic E-state index is 11.9. The first-order valence-electron chi connectivity index (χ1n) is 7.56. The molecule has 0 heterocycles. The Labute approximate surface area is 153 Å². The third-order valence-electron chi connectivity index (χ3n) is 3.13. The number of nitrogens with one attached hydrogen (secondary N) is 2. The number of ether oxygens (including phenoxy) is 1. The summed E-state index contributed by atoms with van der Waals surface area (Å²) in [6, 6.07) is 13.4. The monoisotopic (exact) mass is 404 g/mol. The number of esters is 1. The maximum absolute atomic E-state index is 11.9. The Kier molecular flexibility index (Phi) is 6.71. The van der Waals surface area contributed by atoms with E-state index in [4.69, 9.17) is 4.74 Å². The van der Waals surface area contributed by atoms with E-state index in [-0.39, 0.29) is 24.8 Å². The number of anilines is 1. The summed E-state index contributed by atoms with van der Waals surface area (Å²) >= 11 is 3.30. The highest BCUT2D eigenvalue weighted by atomic mass is 79.9. The Morgan fingerprint density at radius 2 is 1.64 bits per heavy atom. The number of hydrogen-bond donors (Lipinski definition) is 2. The van der Waals surface area contributed by atoms with E-state index in [0.29, 0.717) is 17.0 Å². The maximum Gasteiger partial charge on any atom is 0.312 e. The molecule has 0 unspecified atom stereocenters. The summed E-state index contributed by atoms with van der Waals surface area (Å²) in [5.41, 5.74) is 1.14. The number of amides is 2. The summed E-state index contributed by atoms with van der Waals surface area (Å²) in [4.78, 5) is 34.6. The minimum Gasteiger partial charge on any atom is -0.426 e. The molecule has 0 aromatic heterocycles. The van der Waals surface area contributed by atoms with E-state index in [0.717, 1.165) is 4.47 Å². The summed E-state index contributed by atoms with van der Waals surface area (Å²) in [5.74, 6) is -0.507. The molecule has 0 saturated carbocycles. The van der Waals surface area contributed by atoms with Crippen molar-refractivity contribution in [2.24, 2.45) is 0 Å². The van der Waals surface area contributed by atoms with Crippen molar-refractivity contribution in [1.82, 2.24) is 5.32 Å². The highest BCUT2D eigenvalue weighted by molar-refractivity contribution is 9.10. The summed E-state index contributed by atoms with van der Waals surface area (Å²) in [6.45, 7) is 1.59. The zero-order valence-electron chi connectivity index (χ0n) is 13.5. The number of carbonyl (C=O) groups excluding carboxylic acids is 3. The first-order chi connectivity index (χ1) is 11.9. The van der Waals surface area contributed by atoms with Gasteiger partial charge in [-0.15, -0.1) is 0 Å². The summed E-state index contributed by atoms with van der Waals surface area (Å²) in [5, 5.41) is 5.28. The molecule has 2 aromatic carbocycles. The topological polar surface area (TPSA) is 84.5 Å². The molecule has 0 spiro atoms. The summed E-state index contributed by atoms with van der Waals surface area (Å²) in [7, 11) is 0. The lowest BCUT2D eigenvalue weighted by Gasteiger charge is -2.07. The SMILES string of the molecule is CC(=O)Nc1ccc(OC(=O)CCNC(=O)c2ccc(Br)cc2)cc1. The Hall–Kier alpha value is -2.67. The highest BCUT2D eigenvalue weighted by Crippen LogP contribution is 2.16. The fourth-order valence-corrected chi connectivity index (χ4v) is 2.24. The van der Waals surface area contributed by atoms with E-state index in [1.807, 2.05) is 0 Å². The first-order valence-corrected chi connectivity index (χ1v) is 8.35. The molecule has 7 heteroatoms. The van der Waals surface area contributed by atoms with Gasteiger partial charge < -0.3 is 15.4 Å². The molecule has 25 heavy (non-hydrogen) atoms. The molecule has 0 aliphatic carbocycles. The normalized spacial score (nSPS) is 10.0. The van der Waals surface area contributed by atoms with Gasteiger partial charge in [0.05, 0.1) is 6.42 Å². The van der Waals surface area contributed by atoms with Crippen LogP contribution in [0.25, 0.3) is 0 Å². The van der Waals surface area contributed by atoms with E-state index >= 15 is 0 Å². The summed E-state index contributed by atoms with van der Waals surface area (Å²) in [6.07, 6.45) is 0.0513. The van der Waals surface area contributed by atoms with Crippen LogP contribution in [-0.4, -0.2) is 24.3 Å². The zero-order valence-corrected chi connectivity index (χ0v) is 15.1. The van der Waals surface area contributed by atoms with Gasteiger partial charge in [0.2, 0.25) is 5.91 Å². The van der Waals surface area contributed by atoms with Gasteiger partial charge in [-0.1, -0.05) is 15.9 Å². The van der Waals surface area contributed by atoms with Gasteiger partial charge >= 0.3 is 5.97 Å². The lowest BCUT2D eigenvalue weighted by atomic mass is 10.2. The number of carbonyl (C=O) groups is 3. The van der Waals surface area contributed by atoms with Gasteiger partial charge in [0, 0.05) is 29.2 Å². The molecule has 0 aliphatic rings. The fraction of sp³-hybridized carbons (Fsp3) is 0.167. The van der Waals surface area contributed by atoms with Crippen LogP contribution in [0.15, 0.2) is 53.0 Å². The van der Waals surface area contributed by atoms with Crippen LogP contribution in [0.5, 0.6) is 5.75 Å². The van der Waals surface area contributed by atoms with Crippen LogP contribution in [-0.2, 0) is 9.59 Å². The molecule has 2 N–H and O–H groups in total. The van der Waals surface area contributed by atoms with Crippen molar-refractivity contribution in [3.8, 4) is 5.75 Å². The number of rotatable bonds is 6. The molecule has 0 atom stereocenters. The van der Waals surface area contributed by atoms with Crippen molar-refractivity contribution in [2.75, 3.05) is 11.9 Å². The molecule has 0 fully saturated rings. The second kappa shape index (κ2) is 8.98. The second-order valence-electron chi connectivity index (χ2n) is 5.19. The molecule has 2 aromatic rings. The molecule has 130 valence electrons. The van der Waals surface area contributed by atoms with Gasteiger partial charge in [-0.25, -0.2) is 0 Å². The van der Waals surface area contributed by atoms with Crippen LogP contribution in [0.4, 0.5) is 5.69 Å². The van der Waals surface area contributed by atoms with Gasteiger partial charge in [0.1, 0.15) is 5.75 Å². The van der Waals surface area contributed by atoms with E-state index in [9.17, 15) is 14.4 Å². The van der Waals surface area contributed by atoms with Crippen molar-refractivity contribution in [2.45, 2.75) is 13.3 Å². The lowest BCUT2D eigenvalue weighted by Crippen LogP contribution is -2.27. The van der Waals surface area contributed by atoms with Gasteiger partial charge in [-0.2, -0.15) is 0 Å². The van der Waals surface area contributed by atoms with Crippen LogP contribution >= 0.6 is 15.9 Å². The van der Waals surface area contributed by atoms with Crippen LogP contribution < -0.4 is 15.4 Å². The van der Waals surface area contributed by atoms with E-state index in [2.05, 4.69) is 26.6 Å². The fourth-order valence-electron chi connectivity index (χ4n) is 1.97. The molecule has 2 rings (SSSR count). The second-order valence-corrected chi connectivity index (χ2v) is 6.11. The predicted octanol–water partition coefficient (Wildman–Crippen LogP) is 3.13. The van der Waals surface area contributed by atoms with Crippen molar-refractivity contribution in [1.29, 1.82) is 0 Å². The Bertz CT molecular complexity index is 758. The molecular formula is C18H17BrN2O4. The molecule has 0 bridgehead atoms. The van der Waals surface area contributed by atoms with Crippen molar-refractivity contribution < 1.29 is 19.1 Å². The highest BCUT2D eigenvalue weighted by Gasteiger charge is 2.08. The van der Waals surface area contributed by atoms with E-state index < -0.39 is 5.97 Å². The van der Waals surface area contributed by atoms with Crippen molar-refractivity contribution >= 4 is 39.4 Å². The van der Waals surface area contributed by atoms with Crippen LogP contribution in [0, 0.1) is 0 Å². The standard InChI is InChI=1S/C18H17BrN2O4/c1-12(22)21-15-6-8-16(9-7-15)25-17(23)10-11-20-18(24)13-2-4-14(19)5-3-13/h2-9H,10-11H2,1H3,(H,20,24)(H,21,22). The summed E-state index contributed by atoms with van der Waals surface area (Å²) < 4.78 is 6.05. The minimum absolute atomic E-state index is 0.0513. The van der Waals surface area contributed by atoms with Crippen molar-refractivity contribution in [3.63, 3.8) is 0 Å². The third kappa shape index (κ3) is 6.39. The molecule has 0 radical (unpaired) electrons. The molecule has 0 saturated heterocycles. The van der Waals surface area contributed by atoms with Gasteiger partial charge in [-0.3, -0.25) is 14.4 Å². The van der Waals surface area contributed by atoms with Gasteiger partial charge in [0.15, 0.2) is 0 Å². The quantitative estimate of drug-likeness (QED) is 0.571. The lowest BCUT2D eigenvalue weighted by molar-refractivity contribution is -0.134. The average Bonchev–Trinajstić information content (AvgIpc) is 2.56. The largest absolute Gasteiger partial charge is 0.426 e. The first kappa shape index (κ1) is 18.7. The van der Waals surface area contributed by atoms with Crippen LogP contribution in [0.2, 0.25) is 0 Å². The molecule has 2 amide bonds. The number of benzene rings is 2. The van der Waals surface area contributed by atoms with Gasteiger partial charge in [-0.05, 0) is 48.5 Å². The Morgan fingerprint density at radius 3 is 2.24 bits per heavy atom.